The smallest absolute Gasteiger partial charge is 0.157 e. The molecule has 24 heavy (non-hydrogen) atoms. The summed E-state index contributed by atoms with van der Waals surface area (Å²) in [5.74, 6) is 1.85. The zero-order valence-corrected chi connectivity index (χ0v) is 17.2. The van der Waals surface area contributed by atoms with Crippen molar-refractivity contribution in [1.29, 1.82) is 0 Å². The lowest BCUT2D eigenvalue weighted by atomic mass is 10.4. The molecular formula is C16H25N5OSi2. The van der Waals surface area contributed by atoms with E-state index in [4.69, 9.17) is 4.42 Å². The van der Waals surface area contributed by atoms with E-state index in [9.17, 15) is 0 Å². The van der Waals surface area contributed by atoms with Crippen LogP contribution < -0.4 is 4.57 Å². The monoisotopic (exact) mass is 359 g/mol. The molecule has 0 aromatic carbocycles. The third kappa shape index (κ3) is 3.16. The van der Waals surface area contributed by atoms with Gasteiger partial charge in [0.05, 0.1) is 19.1 Å². The fourth-order valence-electron chi connectivity index (χ4n) is 2.70. The number of rotatable bonds is 5. The number of nitrogens with zero attached hydrogens (tertiary/aromatic N) is 5. The van der Waals surface area contributed by atoms with Gasteiger partial charge in [0, 0.05) is 0 Å². The molecule has 3 aromatic rings. The van der Waals surface area contributed by atoms with Gasteiger partial charge in [0.2, 0.25) is 0 Å². The number of hydrogen-bond donors (Lipinski definition) is 0. The van der Waals surface area contributed by atoms with E-state index in [1.165, 1.54) is 0 Å². The summed E-state index contributed by atoms with van der Waals surface area (Å²) in [5.41, 5.74) is 1.82. The number of hydrogen-bond acceptors (Lipinski definition) is 5. The Bertz CT molecular complexity index is 830. The van der Waals surface area contributed by atoms with Crippen molar-refractivity contribution in [2.45, 2.75) is 45.8 Å². The molecule has 0 aliphatic rings. The van der Waals surface area contributed by atoms with E-state index in [2.05, 4.69) is 63.0 Å². The molecule has 0 radical (unpaired) electrons. The molecule has 0 amide bonds. The maximum Gasteiger partial charge on any atom is 0.157 e. The van der Waals surface area contributed by atoms with Gasteiger partial charge in [0.25, 0.3) is 0 Å². The second kappa shape index (κ2) is 5.85. The first-order valence-corrected chi connectivity index (χ1v) is 15.1. The van der Waals surface area contributed by atoms with Gasteiger partial charge in [-0.2, -0.15) is 0 Å². The number of imidazole rings is 1. The average Bonchev–Trinajstić information content (AvgIpc) is 3.11. The lowest BCUT2D eigenvalue weighted by Crippen LogP contribution is -2.46. The van der Waals surface area contributed by atoms with E-state index in [-0.39, 0.29) is 0 Å². The molecule has 0 aliphatic carbocycles. The van der Waals surface area contributed by atoms with E-state index in [0.29, 0.717) is 6.54 Å². The lowest BCUT2D eigenvalue weighted by molar-refractivity contribution is 0.511. The average molecular weight is 360 g/mol. The van der Waals surface area contributed by atoms with Gasteiger partial charge in [-0.25, -0.2) is 15.0 Å². The Hall–Kier alpha value is -1.94. The van der Waals surface area contributed by atoms with Crippen molar-refractivity contribution in [1.82, 2.24) is 19.2 Å². The van der Waals surface area contributed by atoms with Crippen LogP contribution in [0.25, 0.3) is 11.2 Å². The van der Waals surface area contributed by atoms with Gasteiger partial charge in [-0.3, -0.25) is 0 Å². The molecule has 3 heterocycles. The molecule has 0 unspecified atom stereocenters. The van der Waals surface area contributed by atoms with Gasteiger partial charge in [0.1, 0.15) is 25.8 Å². The first-order chi connectivity index (χ1) is 11.2. The van der Waals surface area contributed by atoms with Crippen molar-refractivity contribution in [3.05, 3.63) is 36.8 Å². The highest BCUT2D eigenvalue weighted by molar-refractivity contribution is 6.79. The van der Waals surface area contributed by atoms with Gasteiger partial charge in [-0.05, 0) is 12.1 Å². The van der Waals surface area contributed by atoms with Crippen LogP contribution in [0.2, 0.25) is 39.3 Å². The molecule has 0 saturated heterocycles. The second-order valence-corrected chi connectivity index (χ2v) is 17.7. The van der Waals surface area contributed by atoms with Gasteiger partial charge >= 0.3 is 0 Å². The topological polar surface area (TPSA) is 60.0 Å². The third-order valence-electron chi connectivity index (χ3n) is 4.00. The minimum absolute atomic E-state index is 0.703. The maximum atomic E-state index is 5.57. The molecule has 0 saturated carbocycles. The molecule has 8 heteroatoms. The van der Waals surface area contributed by atoms with Crippen LogP contribution in [-0.4, -0.2) is 35.7 Å². The Kier molecular flexibility index (Phi) is 4.12. The zero-order valence-electron chi connectivity index (χ0n) is 15.2. The van der Waals surface area contributed by atoms with Crippen LogP contribution in [-0.2, 0) is 6.54 Å². The Morgan fingerprint density at radius 3 is 2.42 bits per heavy atom. The summed E-state index contributed by atoms with van der Waals surface area (Å²) >= 11 is 0. The molecule has 0 bridgehead atoms. The predicted molar refractivity (Wildman–Crippen MR) is 102 cm³/mol. The van der Waals surface area contributed by atoms with Gasteiger partial charge in [0.15, 0.2) is 19.7 Å². The molecule has 0 spiro atoms. The minimum atomic E-state index is -1.69. The van der Waals surface area contributed by atoms with Gasteiger partial charge in [-0.15, -0.1) is 0 Å². The van der Waals surface area contributed by atoms with E-state index in [0.717, 1.165) is 22.7 Å². The molecule has 3 rings (SSSR count). The maximum absolute atomic E-state index is 5.57. The molecule has 0 atom stereocenters. The second-order valence-electron chi connectivity index (χ2n) is 7.99. The number of fused-ring (bicyclic) bond motifs is 1. The van der Waals surface area contributed by atoms with Crippen molar-refractivity contribution < 1.29 is 4.42 Å². The minimum Gasteiger partial charge on any atom is -0.468 e. The molecular weight excluding hydrogens is 334 g/mol. The van der Waals surface area contributed by atoms with Crippen LogP contribution in [0.15, 0.2) is 35.5 Å². The largest absolute Gasteiger partial charge is 0.468 e. The quantitative estimate of drug-likeness (QED) is 0.646. The van der Waals surface area contributed by atoms with Crippen LogP contribution >= 0.6 is 0 Å². The highest BCUT2D eigenvalue weighted by Gasteiger charge is 2.30. The van der Waals surface area contributed by atoms with Gasteiger partial charge < -0.3 is 13.2 Å². The molecule has 0 N–H and O–H groups in total. The highest BCUT2D eigenvalue weighted by atomic mass is 28.3. The lowest BCUT2D eigenvalue weighted by Gasteiger charge is -2.34. The fourth-order valence-corrected chi connectivity index (χ4v) is 5.33. The van der Waals surface area contributed by atoms with Crippen LogP contribution in [0.4, 0.5) is 5.82 Å². The van der Waals surface area contributed by atoms with Crippen LogP contribution in [0.1, 0.15) is 5.76 Å². The third-order valence-corrected chi connectivity index (χ3v) is 7.76. The van der Waals surface area contributed by atoms with Crippen molar-refractivity contribution in [3.63, 3.8) is 0 Å². The van der Waals surface area contributed by atoms with Crippen LogP contribution in [0, 0.1) is 0 Å². The van der Waals surface area contributed by atoms with Crippen molar-refractivity contribution in [2.24, 2.45) is 0 Å². The first kappa shape index (κ1) is 16.9. The standard InChI is InChI=1S/C16H25N5OSi2/c1-23(2,3)20(10-13-8-7-9-22-13)15-14-16(18-11-17-15)21(12-19-14)24(4,5)6/h7-9,11-12H,10H2,1-6H3. The SMILES string of the molecule is C[Si](C)(C)N(Cc1ccco1)c1ncnc2c1ncn2[Si](C)(C)C. The first-order valence-electron chi connectivity index (χ1n) is 8.16. The van der Waals surface area contributed by atoms with Crippen LogP contribution in [0.5, 0.6) is 0 Å². The number of furan rings is 1. The Labute approximate surface area is 144 Å². The zero-order chi connectivity index (χ0) is 17.5. The molecule has 6 nitrogen and oxygen atoms in total. The van der Waals surface area contributed by atoms with Crippen molar-refractivity contribution >= 4 is 33.5 Å². The predicted octanol–water partition coefficient (Wildman–Crippen LogP) is 3.94. The van der Waals surface area contributed by atoms with E-state index in [1.807, 2.05) is 18.5 Å². The fraction of sp³-hybridized carbons (Fsp3) is 0.438. The Balaban J connectivity index is 2.13. The summed E-state index contributed by atoms with van der Waals surface area (Å²) < 4.78 is 10.2. The van der Waals surface area contributed by atoms with Crippen LogP contribution in [0.3, 0.4) is 0 Å². The summed E-state index contributed by atoms with van der Waals surface area (Å²) in [6, 6.07) is 3.93. The summed E-state index contributed by atoms with van der Waals surface area (Å²) in [7, 11) is -3.27. The summed E-state index contributed by atoms with van der Waals surface area (Å²) in [6.07, 6.45) is 5.29. The normalized spacial score (nSPS) is 12.8. The Morgan fingerprint density at radius 2 is 1.83 bits per heavy atom. The van der Waals surface area contributed by atoms with E-state index >= 15 is 0 Å². The molecule has 0 aliphatic heterocycles. The highest BCUT2D eigenvalue weighted by Crippen LogP contribution is 2.29. The van der Waals surface area contributed by atoms with Gasteiger partial charge in [-0.1, -0.05) is 39.3 Å². The summed E-state index contributed by atoms with van der Waals surface area (Å²) in [6.45, 7) is 14.5. The number of anilines is 1. The molecule has 0 fully saturated rings. The van der Waals surface area contributed by atoms with E-state index < -0.39 is 16.5 Å². The molecule has 3 aromatic heterocycles. The molecule has 128 valence electrons. The Morgan fingerprint density at radius 1 is 1.08 bits per heavy atom. The summed E-state index contributed by atoms with van der Waals surface area (Å²) in [4.78, 5) is 13.8. The van der Waals surface area contributed by atoms with Crippen molar-refractivity contribution in [3.8, 4) is 0 Å². The van der Waals surface area contributed by atoms with Crippen molar-refractivity contribution in [2.75, 3.05) is 4.57 Å². The van der Waals surface area contributed by atoms with E-state index in [1.54, 1.807) is 12.6 Å². The summed E-state index contributed by atoms with van der Waals surface area (Å²) in [5, 5.41) is 0. The number of aromatic nitrogens is 4.